The first kappa shape index (κ1) is 13.7. The van der Waals surface area contributed by atoms with E-state index in [-0.39, 0.29) is 36.6 Å². The Morgan fingerprint density at radius 2 is 1.75 bits per heavy atom. The Bertz CT molecular complexity index is 400. The van der Waals surface area contributed by atoms with E-state index in [9.17, 15) is 14.7 Å². The van der Waals surface area contributed by atoms with Crippen molar-refractivity contribution >= 4 is 12.0 Å². The number of carboxylic acids is 1. The van der Waals surface area contributed by atoms with Crippen molar-refractivity contribution in [3.05, 3.63) is 0 Å². The number of aliphatic carboxylic acids is 1. The number of likely N-dealkylation sites (tertiary alicyclic amines) is 1. The molecule has 3 fully saturated rings. The second-order valence-electron chi connectivity index (χ2n) is 6.40. The van der Waals surface area contributed by atoms with Gasteiger partial charge in [0.2, 0.25) is 0 Å². The van der Waals surface area contributed by atoms with Gasteiger partial charge >= 0.3 is 12.0 Å². The highest BCUT2D eigenvalue weighted by molar-refractivity contribution is 5.76. The molecule has 3 rings (SSSR count). The van der Waals surface area contributed by atoms with Gasteiger partial charge in [0.05, 0.1) is 6.10 Å². The fraction of sp³-hybridized carbons (Fsp3) is 0.857. The predicted molar refractivity (Wildman–Crippen MR) is 71.2 cm³/mol. The van der Waals surface area contributed by atoms with Crippen LogP contribution in [0.15, 0.2) is 0 Å². The van der Waals surface area contributed by atoms with Gasteiger partial charge in [0.25, 0.3) is 0 Å². The lowest BCUT2D eigenvalue weighted by atomic mass is 9.88. The molecule has 112 valence electrons. The van der Waals surface area contributed by atoms with Gasteiger partial charge in [-0.3, -0.25) is 4.79 Å². The fourth-order valence-corrected chi connectivity index (χ4v) is 4.09. The number of carboxylic acid groups (broad SMARTS) is 1. The van der Waals surface area contributed by atoms with Crippen LogP contribution in [0.2, 0.25) is 0 Å². The number of carbonyl (C=O) groups excluding carboxylic acids is 1. The topological polar surface area (TPSA) is 81.1 Å². The number of piperidine rings is 1. The molecule has 0 radical (unpaired) electrons. The number of amides is 2. The molecule has 0 aromatic heterocycles. The maximum absolute atomic E-state index is 12.6. The van der Waals surface area contributed by atoms with Crippen LogP contribution < -0.4 is 0 Å². The van der Waals surface area contributed by atoms with Gasteiger partial charge in [0.1, 0.15) is 0 Å². The van der Waals surface area contributed by atoms with Crippen molar-refractivity contribution in [1.82, 2.24) is 9.80 Å². The van der Waals surface area contributed by atoms with Crippen LogP contribution in [0.3, 0.4) is 0 Å². The maximum atomic E-state index is 12.6. The average Bonchev–Trinajstić information content (AvgIpc) is 2.91. The fourth-order valence-electron chi connectivity index (χ4n) is 4.09. The predicted octanol–water partition coefficient (Wildman–Crippen LogP) is 0.891. The number of fused-ring (bicyclic) bond motifs is 2. The first-order valence-electron chi connectivity index (χ1n) is 7.51. The zero-order chi connectivity index (χ0) is 14.3. The molecule has 3 atom stereocenters. The van der Waals surface area contributed by atoms with E-state index in [2.05, 4.69) is 0 Å². The molecule has 6 nitrogen and oxygen atoms in total. The minimum absolute atomic E-state index is 0.0443. The number of hydrogen-bond acceptors (Lipinski definition) is 3. The number of urea groups is 1. The van der Waals surface area contributed by atoms with Crippen molar-refractivity contribution in [2.24, 2.45) is 5.92 Å². The molecule has 3 unspecified atom stereocenters. The SMILES string of the molecule is O=C(O)CC1CC2CCC(C1)N2C(=O)N1CCC(O)C1. The van der Waals surface area contributed by atoms with Crippen LogP contribution >= 0.6 is 0 Å². The Kier molecular flexibility index (Phi) is 3.58. The van der Waals surface area contributed by atoms with Gasteiger partial charge < -0.3 is 20.0 Å². The Morgan fingerprint density at radius 1 is 1.10 bits per heavy atom. The molecule has 20 heavy (non-hydrogen) atoms. The van der Waals surface area contributed by atoms with Crippen LogP contribution in [-0.2, 0) is 4.79 Å². The van der Waals surface area contributed by atoms with Crippen molar-refractivity contribution in [1.29, 1.82) is 0 Å². The summed E-state index contributed by atoms with van der Waals surface area (Å²) in [5, 5.41) is 18.5. The van der Waals surface area contributed by atoms with Gasteiger partial charge in [-0.25, -0.2) is 4.79 Å². The molecule has 2 N–H and O–H groups in total. The molecule has 0 aliphatic carbocycles. The molecule has 3 heterocycles. The first-order valence-corrected chi connectivity index (χ1v) is 7.51. The first-order chi connectivity index (χ1) is 9.54. The van der Waals surface area contributed by atoms with E-state index in [4.69, 9.17) is 5.11 Å². The number of hydrogen-bond donors (Lipinski definition) is 2. The lowest BCUT2D eigenvalue weighted by Crippen LogP contribution is -2.52. The number of β-amino-alcohol motifs (C(OH)–C–C–N with tert-alkyl or cyclic N) is 1. The zero-order valence-corrected chi connectivity index (χ0v) is 11.6. The second-order valence-corrected chi connectivity index (χ2v) is 6.40. The monoisotopic (exact) mass is 282 g/mol. The number of rotatable bonds is 2. The number of carbonyl (C=O) groups is 2. The van der Waals surface area contributed by atoms with E-state index in [0.29, 0.717) is 19.5 Å². The quantitative estimate of drug-likeness (QED) is 0.788. The van der Waals surface area contributed by atoms with Crippen LogP contribution in [0.4, 0.5) is 4.79 Å². The van der Waals surface area contributed by atoms with E-state index in [1.54, 1.807) is 4.90 Å². The van der Waals surface area contributed by atoms with Crippen molar-refractivity contribution in [2.75, 3.05) is 13.1 Å². The third kappa shape index (κ3) is 2.49. The third-order valence-corrected chi connectivity index (χ3v) is 4.95. The van der Waals surface area contributed by atoms with E-state index >= 15 is 0 Å². The van der Waals surface area contributed by atoms with Crippen LogP contribution in [0.1, 0.15) is 38.5 Å². The smallest absolute Gasteiger partial charge is 0.320 e. The summed E-state index contributed by atoms with van der Waals surface area (Å²) in [5.74, 6) is -0.532. The van der Waals surface area contributed by atoms with Gasteiger partial charge in [-0.15, -0.1) is 0 Å². The Balaban J connectivity index is 1.64. The van der Waals surface area contributed by atoms with Crippen molar-refractivity contribution < 1.29 is 19.8 Å². The minimum atomic E-state index is -0.739. The normalized spacial score (nSPS) is 36.5. The molecule has 3 aliphatic rings. The lowest BCUT2D eigenvalue weighted by Gasteiger charge is -2.40. The number of nitrogens with zero attached hydrogens (tertiary/aromatic N) is 2. The lowest BCUT2D eigenvalue weighted by molar-refractivity contribution is -0.138. The number of aliphatic hydroxyl groups is 1. The molecule has 0 aromatic rings. The van der Waals surface area contributed by atoms with Gasteiger partial charge in [-0.05, 0) is 38.0 Å². The van der Waals surface area contributed by atoms with E-state index in [0.717, 1.165) is 25.7 Å². The van der Waals surface area contributed by atoms with Gasteiger partial charge in [0, 0.05) is 31.6 Å². The van der Waals surface area contributed by atoms with E-state index in [1.165, 1.54) is 0 Å². The van der Waals surface area contributed by atoms with Crippen LogP contribution in [0, 0.1) is 5.92 Å². The molecule has 6 heteroatoms. The number of aliphatic hydroxyl groups excluding tert-OH is 1. The molecule has 0 aromatic carbocycles. The van der Waals surface area contributed by atoms with Crippen molar-refractivity contribution in [2.45, 2.75) is 56.7 Å². The summed E-state index contributed by atoms with van der Waals surface area (Å²) in [6.07, 6.45) is 4.09. The molecule has 3 saturated heterocycles. The Hall–Kier alpha value is -1.30. The highest BCUT2D eigenvalue weighted by atomic mass is 16.4. The average molecular weight is 282 g/mol. The van der Waals surface area contributed by atoms with Gasteiger partial charge in [-0.2, -0.15) is 0 Å². The highest BCUT2D eigenvalue weighted by Crippen LogP contribution is 2.40. The molecule has 2 amide bonds. The summed E-state index contributed by atoms with van der Waals surface area (Å²) in [7, 11) is 0. The molecule has 0 spiro atoms. The summed E-state index contributed by atoms with van der Waals surface area (Å²) < 4.78 is 0. The standard InChI is InChI=1S/C14H22N2O4/c17-12-3-4-15(8-12)14(20)16-10-1-2-11(16)6-9(5-10)7-13(18)19/h9-12,17H,1-8H2,(H,18,19). The Labute approximate surface area is 118 Å². The summed E-state index contributed by atoms with van der Waals surface area (Å²) in [6, 6.07) is 0.439. The molecular weight excluding hydrogens is 260 g/mol. The third-order valence-electron chi connectivity index (χ3n) is 4.95. The highest BCUT2D eigenvalue weighted by Gasteiger charge is 2.45. The van der Waals surface area contributed by atoms with E-state index < -0.39 is 5.97 Å². The summed E-state index contributed by atoms with van der Waals surface area (Å²) in [6.45, 7) is 1.07. The van der Waals surface area contributed by atoms with Gasteiger partial charge in [0.15, 0.2) is 0 Å². The van der Waals surface area contributed by atoms with Crippen molar-refractivity contribution in [3.8, 4) is 0 Å². The summed E-state index contributed by atoms with van der Waals surface area (Å²) >= 11 is 0. The largest absolute Gasteiger partial charge is 0.481 e. The summed E-state index contributed by atoms with van der Waals surface area (Å²) in [5.41, 5.74) is 0. The molecule has 2 bridgehead atoms. The Morgan fingerprint density at radius 3 is 2.25 bits per heavy atom. The molecule has 3 aliphatic heterocycles. The zero-order valence-electron chi connectivity index (χ0n) is 11.6. The molecule has 0 saturated carbocycles. The van der Waals surface area contributed by atoms with Crippen molar-refractivity contribution in [3.63, 3.8) is 0 Å². The molecular formula is C14H22N2O4. The van der Waals surface area contributed by atoms with E-state index in [1.807, 2.05) is 4.90 Å². The van der Waals surface area contributed by atoms with Crippen LogP contribution in [-0.4, -0.2) is 63.3 Å². The van der Waals surface area contributed by atoms with Crippen LogP contribution in [0.5, 0.6) is 0 Å². The minimum Gasteiger partial charge on any atom is -0.481 e. The van der Waals surface area contributed by atoms with Gasteiger partial charge in [-0.1, -0.05) is 0 Å². The maximum Gasteiger partial charge on any atom is 0.320 e. The second kappa shape index (κ2) is 5.24. The van der Waals surface area contributed by atoms with Crippen LogP contribution in [0.25, 0.3) is 0 Å². The summed E-state index contributed by atoms with van der Waals surface area (Å²) in [4.78, 5) is 27.1.